The molecule has 1 aliphatic carbocycles. The van der Waals surface area contributed by atoms with Crippen LogP contribution in [0.25, 0.3) is 0 Å². The molecule has 2 aromatic rings. The summed E-state index contributed by atoms with van der Waals surface area (Å²) in [6, 6.07) is 6.89. The van der Waals surface area contributed by atoms with Gasteiger partial charge in [-0.3, -0.25) is 4.79 Å². The van der Waals surface area contributed by atoms with Crippen LogP contribution < -0.4 is 0 Å². The number of ketones is 1. The summed E-state index contributed by atoms with van der Waals surface area (Å²) in [4.78, 5) is 12.2. The molecule has 1 aliphatic rings. The molecule has 1 heterocycles. The maximum Gasteiger partial charge on any atom is 0.228 e. The molecular weight excluding hydrogens is 232 g/mol. The lowest BCUT2D eigenvalue weighted by atomic mass is 9.77. The topological polar surface area (TPSA) is 70.7 Å². The molecule has 0 fully saturated rings. The van der Waals surface area contributed by atoms with Gasteiger partial charge in [0.15, 0.2) is 5.76 Å². The number of rotatable bonds is 1. The molecule has 4 heteroatoms. The van der Waals surface area contributed by atoms with Crippen molar-refractivity contribution in [3.8, 4) is 0 Å². The molecule has 0 saturated carbocycles. The lowest BCUT2D eigenvalue weighted by Crippen LogP contribution is -2.32. The van der Waals surface area contributed by atoms with Gasteiger partial charge in [0.1, 0.15) is 5.60 Å². The Morgan fingerprint density at radius 1 is 1.33 bits per heavy atom. The van der Waals surface area contributed by atoms with Crippen LogP contribution in [-0.4, -0.2) is 16.0 Å². The van der Waals surface area contributed by atoms with E-state index in [0.717, 1.165) is 0 Å². The second-order valence-corrected chi connectivity index (χ2v) is 4.57. The molecule has 3 rings (SSSR count). The third kappa shape index (κ3) is 1.24. The van der Waals surface area contributed by atoms with Gasteiger partial charge in [0.05, 0.1) is 12.9 Å². The van der Waals surface area contributed by atoms with Gasteiger partial charge in [-0.05, 0) is 12.5 Å². The Bertz CT molecular complexity index is 637. The Hall–Kier alpha value is -1.91. The van der Waals surface area contributed by atoms with Crippen LogP contribution >= 0.6 is 0 Å². The first-order valence-electron chi connectivity index (χ1n) is 5.65. The fourth-order valence-electron chi connectivity index (χ4n) is 2.57. The minimum Gasteiger partial charge on any atom is -0.460 e. The molecule has 1 aromatic carbocycles. The standard InChI is InChI=1S/C14H12O4/c1-14(17)10-5-3-2-4-9(10)12(16)13-11(14)8(6-15)7-18-13/h2-5,7,15,17H,6H2,1H3. The van der Waals surface area contributed by atoms with Crippen LogP contribution in [0, 0.1) is 0 Å². The number of carbonyl (C=O) groups excluding carboxylic acids is 1. The molecule has 0 radical (unpaired) electrons. The first kappa shape index (κ1) is 11.2. The lowest BCUT2D eigenvalue weighted by Gasteiger charge is -2.30. The van der Waals surface area contributed by atoms with Gasteiger partial charge >= 0.3 is 0 Å². The fourth-order valence-corrected chi connectivity index (χ4v) is 2.57. The summed E-state index contributed by atoms with van der Waals surface area (Å²) in [5.74, 6) is -0.144. The molecule has 1 atom stereocenters. The highest BCUT2D eigenvalue weighted by Crippen LogP contribution is 2.42. The zero-order valence-electron chi connectivity index (χ0n) is 9.80. The summed E-state index contributed by atoms with van der Waals surface area (Å²) >= 11 is 0. The number of aliphatic hydroxyl groups is 2. The number of hydrogen-bond acceptors (Lipinski definition) is 4. The molecule has 0 spiro atoms. The highest BCUT2D eigenvalue weighted by molar-refractivity contribution is 6.11. The quantitative estimate of drug-likeness (QED) is 0.798. The number of fused-ring (bicyclic) bond motifs is 2. The van der Waals surface area contributed by atoms with E-state index in [9.17, 15) is 15.0 Å². The third-order valence-electron chi connectivity index (χ3n) is 3.43. The van der Waals surface area contributed by atoms with Crippen molar-refractivity contribution in [2.45, 2.75) is 19.1 Å². The molecule has 1 unspecified atom stereocenters. The molecule has 2 N–H and O–H groups in total. The Morgan fingerprint density at radius 3 is 2.78 bits per heavy atom. The number of aliphatic hydroxyl groups excluding tert-OH is 1. The van der Waals surface area contributed by atoms with E-state index in [-0.39, 0.29) is 18.2 Å². The Balaban J connectivity index is 2.35. The van der Waals surface area contributed by atoms with Crippen molar-refractivity contribution < 1.29 is 19.4 Å². The number of hydrogen-bond donors (Lipinski definition) is 2. The molecule has 4 nitrogen and oxygen atoms in total. The fraction of sp³-hybridized carbons (Fsp3) is 0.214. The van der Waals surface area contributed by atoms with Gasteiger partial charge in [0.2, 0.25) is 5.78 Å². The predicted molar refractivity (Wildman–Crippen MR) is 63.2 cm³/mol. The molecule has 0 aliphatic heterocycles. The average molecular weight is 244 g/mol. The van der Waals surface area contributed by atoms with E-state index >= 15 is 0 Å². The van der Waals surface area contributed by atoms with Crippen molar-refractivity contribution >= 4 is 5.78 Å². The largest absolute Gasteiger partial charge is 0.460 e. The second kappa shape index (κ2) is 3.54. The van der Waals surface area contributed by atoms with E-state index in [1.165, 1.54) is 6.26 Å². The van der Waals surface area contributed by atoms with Gasteiger partial charge in [-0.25, -0.2) is 0 Å². The van der Waals surface area contributed by atoms with E-state index in [1.807, 2.05) is 0 Å². The van der Waals surface area contributed by atoms with Crippen LogP contribution in [0.5, 0.6) is 0 Å². The first-order chi connectivity index (χ1) is 8.57. The summed E-state index contributed by atoms with van der Waals surface area (Å²) in [7, 11) is 0. The van der Waals surface area contributed by atoms with E-state index in [2.05, 4.69) is 0 Å². The van der Waals surface area contributed by atoms with Crippen LogP contribution in [0.15, 0.2) is 34.9 Å². The highest BCUT2D eigenvalue weighted by atomic mass is 16.3. The van der Waals surface area contributed by atoms with Crippen LogP contribution in [-0.2, 0) is 12.2 Å². The maximum atomic E-state index is 12.2. The van der Waals surface area contributed by atoms with Crippen LogP contribution in [0.4, 0.5) is 0 Å². The molecule has 0 bridgehead atoms. The molecular formula is C14H12O4. The Morgan fingerprint density at radius 2 is 2.06 bits per heavy atom. The van der Waals surface area contributed by atoms with E-state index in [0.29, 0.717) is 22.3 Å². The maximum absolute atomic E-state index is 12.2. The zero-order chi connectivity index (χ0) is 12.9. The smallest absolute Gasteiger partial charge is 0.228 e. The van der Waals surface area contributed by atoms with Crippen molar-refractivity contribution in [2.24, 2.45) is 0 Å². The van der Waals surface area contributed by atoms with Crippen LogP contribution in [0.2, 0.25) is 0 Å². The Kier molecular flexibility index (Phi) is 2.20. The molecule has 0 saturated heterocycles. The van der Waals surface area contributed by atoms with E-state index in [1.54, 1.807) is 31.2 Å². The molecule has 92 valence electrons. The van der Waals surface area contributed by atoms with Crippen LogP contribution in [0.3, 0.4) is 0 Å². The summed E-state index contributed by atoms with van der Waals surface area (Å²) in [6.07, 6.45) is 1.32. The van der Waals surface area contributed by atoms with Crippen molar-refractivity contribution in [2.75, 3.05) is 0 Å². The van der Waals surface area contributed by atoms with Crippen molar-refractivity contribution in [1.82, 2.24) is 0 Å². The zero-order valence-corrected chi connectivity index (χ0v) is 9.80. The monoisotopic (exact) mass is 244 g/mol. The third-order valence-corrected chi connectivity index (χ3v) is 3.43. The number of carbonyl (C=O) groups is 1. The summed E-state index contributed by atoms with van der Waals surface area (Å²) < 4.78 is 5.21. The minimum atomic E-state index is -1.33. The van der Waals surface area contributed by atoms with Gasteiger partial charge < -0.3 is 14.6 Å². The summed E-state index contributed by atoms with van der Waals surface area (Å²) in [6.45, 7) is 1.33. The van der Waals surface area contributed by atoms with Gasteiger partial charge in [-0.2, -0.15) is 0 Å². The number of benzene rings is 1. The normalized spacial score (nSPS) is 21.6. The van der Waals surface area contributed by atoms with Gasteiger partial charge in [0, 0.05) is 16.7 Å². The first-order valence-corrected chi connectivity index (χ1v) is 5.65. The summed E-state index contributed by atoms with van der Waals surface area (Å²) in [5, 5.41) is 19.9. The lowest BCUT2D eigenvalue weighted by molar-refractivity contribution is 0.0819. The van der Waals surface area contributed by atoms with Crippen molar-refractivity contribution in [1.29, 1.82) is 0 Å². The van der Waals surface area contributed by atoms with Crippen molar-refractivity contribution in [3.05, 3.63) is 58.5 Å². The molecule has 18 heavy (non-hydrogen) atoms. The van der Waals surface area contributed by atoms with Crippen LogP contribution in [0.1, 0.15) is 39.7 Å². The molecule has 1 aromatic heterocycles. The van der Waals surface area contributed by atoms with Gasteiger partial charge in [0.25, 0.3) is 0 Å². The highest BCUT2D eigenvalue weighted by Gasteiger charge is 2.42. The minimum absolute atomic E-state index is 0.114. The van der Waals surface area contributed by atoms with Gasteiger partial charge in [-0.15, -0.1) is 0 Å². The Labute approximate surface area is 103 Å². The molecule has 0 amide bonds. The van der Waals surface area contributed by atoms with E-state index in [4.69, 9.17) is 4.42 Å². The van der Waals surface area contributed by atoms with Crippen molar-refractivity contribution in [3.63, 3.8) is 0 Å². The van der Waals surface area contributed by atoms with Gasteiger partial charge in [-0.1, -0.05) is 24.3 Å². The summed E-state index contributed by atoms with van der Waals surface area (Å²) in [5.41, 5.74) is 0.462. The average Bonchev–Trinajstić information content (AvgIpc) is 2.81. The van der Waals surface area contributed by atoms with E-state index < -0.39 is 5.60 Å². The SMILES string of the molecule is CC1(O)c2ccccc2C(=O)c2occ(CO)c21. The number of furan rings is 1. The predicted octanol–water partition coefficient (Wildman–Crippen LogP) is 1.57. The second-order valence-electron chi connectivity index (χ2n) is 4.57.